The van der Waals surface area contributed by atoms with Crippen LogP contribution in [0.4, 0.5) is 11.4 Å². The molecule has 0 aliphatic carbocycles. The van der Waals surface area contributed by atoms with E-state index in [1.807, 2.05) is 0 Å². The first-order valence-electron chi connectivity index (χ1n) is 6.72. The summed E-state index contributed by atoms with van der Waals surface area (Å²) in [6, 6.07) is 3.02. The van der Waals surface area contributed by atoms with Crippen LogP contribution in [0.2, 0.25) is 0 Å². The minimum Gasteiger partial charge on any atom is -0.481 e. The summed E-state index contributed by atoms with van der Waals surface area (Å²) in [5.41, 5.74) is 0.283. The lowest BCUT2D eigenvalue weighted by atomic mass is 10.1. The van der Waals surface area contributed by atoms with Crippen molar-refractivity contribution in [3.8, 4) is 0 Å². The van der Waals surface area contributed by atoms with Crippen molar-refractivity contribution in [1.82, 2.24) is 0 Å². The lowest BCUT2D eigenvalue weighted by molar-refractivity contribution is -0.144. The molecule has 0 saturated heterocycles. The van der Waals surface area contributed by atoms with Gasteiger partial charge in [0.15, 0.2) is 0 Å². The fraction of sp³-hybridized carbons (Fsp3) is 0.286. The smallest absolute Gasteiger partial charge is 0.326 e. The maximum absolute atomic E-state index is 11.1. The molecule has 1 aromatic carbocycles. The number of anilines is 2. The van der Waals surface area contributed by atoms with E-state index >= 15 is 0 Å². The average molecular weight is 340 g/mol. The Morgan fingerprint density at radius 1 is 0.750 bits per heavy atom. The van der Waals surface area contributed by atoms with Gasteiger partial charge in [0.1, 0.15) is 12.1 Å². The second-order valence-corrected chi connectivity index (χ2v) is 4.81. The third-order valence-corrected chi connectivity index (χ3v) is 2.94. The van der Waals surface area contributed by atoms with Gasteiger partial charge in [-0.1, -0.05) is 12.1 Å². The molecule has 0 saturated carbocycles. The molecule has 130 valence electrons. The second-order valence-electron chi connectivity index (χ2n) is 4.81. The van der Waals surface area contributed by atoms with Gasteiger partial charge in [0.2, 0.25) is 0 Å². The van der Waals surface area contributed by atoms with E-state index in [9.17, 15) is 19.2 Å². The molecule has 10 nitrogen and oxygen atoms in total. The number of nitrogens with one attached hydrogen (secondary N) is 2. The average Bonchev–Trinajstić information content (AvgIpc) is 2.46. The number of benzene rings is 1. The number of hydrogen-bond acceptors (Lipinski definition) is 6. The number of carbonyl (C=O) groups is 4. The third-order valence-electron chi connectivity index (χ3n) is 2.94. The maximum atomic E-state index is 11.1. The fourth-order valence-electron chi connectivity index (χ4n) is 1.86. The van der Waals surface area contributed by atoms with Gasteiger partial charge in [-0.3, -0.25) is 9.59 Å². The van der Waals surface area contributed by atoms with Gasteiger partial charge in [0.05, 0.1) is 24.2 Å². The first-order chi connectivity index (χ1) is 11.2. The molecule has 0 spiro atoms. The summed E-state index contributed by atoms with van der Waals surface area (Å²) < 4.78 is 0. The zero-order valence-corrected chi connectivity index (χ0v) is 12.3. The molecule has 0 amide bonds. The van der Waals surface area contributed by atoms with E-state index in [0.29, 0.717) is 0 Å². The topological polar surface area (TPSA) is 173 Å². The van der Waals surface area contributed by atoms with E-state index in [1.54, 1.807) is 0 Å². The molecular formula is C14H16N2O8. The van der Waals surface area contributed by atoms with E-state index in [2.05, 4.69) is 10.6 Å². The predicted octanol–water partition coefficient (Wildman–Crippen LogP) is 0.366. The molecular weight excluding hydrogens is 324 g/mol. The highest BCUT2D eigenvalue weighted by Gasteiger charge is 2.24. The van der Waals surface area contributed by atoms with Crippen LogP contribution >= 0.6 is 0 Å². The third kappa shape index (κ3) is 5.83. The highest BCUT2D eigenvalue weighted by Crippen LogP contribution is 2.24. The van der Waals surface area contributed by atoms with Crippen LogP contribution < -0.4 is 10.6 Å². The molecule has 6 N–H and O–H groups in total. The Hall–Kier alpha value is -3.30. The molecule has 1 aromatic rings. The van der Waals surface area contributed by atoms with Crippen molar-refractivity contribution >= 4 is 35.3 Å². The quantitative estimate of drug-likeness (QED) is 0.349. The molecule has 0 aromatic heterocycles. The predicted molar refractivity (Wildman–Crippen MR) is 81.0 cm³/mol. The zero-order chi connectivity index (χ0) is 18.3. The molecule has 0 fully saturated rings. The van der Waals surface area contributed by atoms with Gasteiger partial charge in [-0.2, -0.15) is 0 Å². The summed E-state index contributed by atoms with van der Waals surface area (Å²) in [7, 11) is 0. The number of para-hydroxylation sites is 2. The van der Waals surface area contributed by atoms with E-state index in [4.69, 9.17) is 20.4 Å². The highest BCUT2D eigenvalue weighted by molar-refractivity contribution is 5.87. The van der Waals surface area contributed by atoms with Gasteiger partial charge in [-0.05, 0) is 12.1 Å². The van der Waals surface area contributed by atoms with Gasteiger partial charge in [0, 0.05) is 0 Å². The Balaban J connectivity index is 3.01. The van der Waals surface area contributed by atoms with Crippen LogP contribution in [0.15, 0.2) is 24.3 Å². The van der Waals surface area contributed by atoms with Gasteiger partial charge >= 0.3 is 23.9 Å². The molecule has 10 heteroatoms. The van der Waals surface area contributed by atoms with Crippen LogP contribution in [0.5, 0.6) is 0 Å². The number of hydrogen-bond donors (Lipinski definition) is 6. The number of rotatable bonds is 10. The largest absolute Gasteiger partial charge is 0.481 e. The van der Waals surface area contributed by atoms with Crippen molar-refractivity contribution in [1.29, 1.82) is 0 Å². The molecule has 2 atom stereocenters. The molecule has 0 aliphatic heterocycles. The molecule has 0 heterocycles. The van der Waals surface area contributed by atoms with Crippen LogP contribution in [0.1, 0.15) is 12.8 Å². The van der Waals surface area contributed by atoms with Crippen molar-refractivity contribution < 1.29 is 39.6 Å². The van der Waals surface area contributed by atoms with Gasteiger partial charge in [0.25, 0.3) is 0 Å². The Morgan fingerprint density at radius 3 is 1.33 bits per heavy atom. The van der Waals surface area contributed by atoms with Crippen molar-refractivity contribution in [2.45, 2.75) is 24.9 Å². The molecule has 0 aliphatic rings. The monoisotopic (exact) mass is 340 g/mol. The van der Waals surface area contributed by atoms with Crippen LogP contribution in [-0.2, 0) is 19.2 Å². The van der Waals surface area contributed by atoms with Gasteiger partial charge < -0.3 is 31.1 Å². The van der Waals surface area contributed by atoms with Crippen molar-refractivity contribution in [3.05, 3.63) is 24.3 Å². The summed E-state index contributed by atoms with van der Waals surface area (Å²) in [6.07, 6.45) is -1.39. The van der Waals surface area contributed by atoms with Crippen LogP contribution in [0.3, 0.4) is 0 Å². The summed E-state index contributed by atoms with van der Waals surface area (Å²) >= 11 is 0. The van der Waals surface area contributed by atoms with Crippen LogP contribution in [0, 0.1) is 0 Å². The van der Waals surface area contributed by atoms with Crippen molar-refractivity contribution in [3.63, 3.8) is 0 Å². The Bertz CT molecular complexity index is 590. The van der Waals surface area contributed by atoms with E-state index in [1.165, 1.54) is 24.3 Å². The first-order valence-corrected chi connectivity index (χ1v) is 6.72. The fourth-order valence-corrected chi connectivity index (χ4v) is 1.86. The van der Waals surface area contributed by atoms with Crippen molar-refractivity contribution in [2.75, 3.05) is 10.6 Å². The lowest BCUT2D eigenvalue weighted by Crippen LogP contribution is -2.34. The zero-order valence-electron chi connectivity index (χ0n) is 12.3. The Morgan fingerprint density at radius 2 is 1.08 bits per heavy atom. The molecule has 24 heavy (non-hydrogen) atoms. The number of carboxylic acids is 4. The van der Waals surface area contributed by atoms with E-state index in [-0.39, 0.29) is 11.4 Å². The normalized spacial score (nSPS) is 12.7. The summed E-state index contributed by atoms with van der Waals surface area (Å²) in [6.45, 7) is 0. The first kappa shape index (κ1) is 18.7. The summed E-state index contributed by atoms with van der Waals surface area (Å²) in [5.74, 6) is -5.44. The second kappa shape index (κ2) is 8.36. The molecule has 0 unspecified atom stereocenters. The van der Waals surface area contributed by atoms with E-state index in [0.717, 1.165) is 0 Å². The molecule has 0 bridgehead atoms. The Labute approximate surface area is 135 Å². The summed E-state index contributed by atoms with van der Waals surface area (Å²) in [5, 5.41) is 40.5. The van der Waals surface area contributed by atoms with Gasteiger partial charge in [-0.25, -0.2) is 9.59 Å². The SMILES string of the molecule is O=C(O)C[C@H](Nc1ccccc1N[C@@H](CC(=O)O)C(=O)O)C(=O)O. The number of aliphatic carboxylic acids is 4. The van der Waals surface area contributed by atoms with Gasteiger partial charge in [-0.15, -0.1) is 0 Å². The maximum Gasteiger partial charge on any atom is 0.326 e. The number of carboxylic acid groups (broad SMARTS) is 4. The lowest BCUT2D eigenvalue weighted by Gasteiger charge is -2.20. The molecule has 1 rings (SSSR count). The minimum absolute atomic E-state index is 0.141. The summed E-state index contributed by atoms with van der Waals surface area (Å²) in [4.78, 5) is 43.6. The van der Waals surface area contributed by atoms with Crippen LogP contribution in [0.25, 0.3) is 0 Å². The van der Waals surface area contributed by atoms with E-state index < -0.39 is 48.8 Å². The Kier molecular flexibility index (Phi) is 6.53. The standard InChI is InChI=1S/C14H16N2O8/c17-11(18)5-9(13(21)22)15-7-3-1-2-4-8(7)16-10(14(23)24)6-12(19)20/h1-4,9-10,15-16H,5-6H2,(H,17,18)(H,19,20)(H,21,22)(H,23,24)/t9-,10-/m0/s1. The minimum atomic E-state index is -1.44. The van der Waals surface area contributed by atoms with Crippen molar-refractivity contribution in [2.24, 2.45) is 0 Å². The van der Waals surface area contributed by atoms with Crippen LogP contribution in [-0.4, -0.2) is 56.4 Å². The molecule has 0 radical (unpaired) electrons. The highest BCUT2D eigenvalue weighted by atomic mass is 16.4.